The van der Waals surface area contributed by atoms with Gasteiger partial charge in [0.25, 0.3) is 0 Å². The van der Waals surface area contributed by atoms with Crippen LogP contribution in [0, 0.1) is 0 Å². The summed E-state index contributed by atoms with van der Waals surface area (Å²) in [6.07, 6.45) is 1.00. The number of carbonyl (C=O) groups excluding carboxylic acids is 6. The van der Waals surface area contributed by atoms with Crippen LogP contribution in [0.15, 0.2) is 4.99 Å². The molecule has 0 aromatic heterocycles. The van der Waals surface area contributed by atoms with Crippen LogP contribution in [0.25, 0.3) is 0 Å². The number of likely N-dealkylation sites (tertiary alicyclic amines) is 1. The predicted molar refractivity (Wildman–Crippen MR) is 174 cm³/mol. The van der Waals surface area contributed by atoms with Gasteiger partial charge in [0.05, 0.1) is 26.1 Å². The molecule has 1 aliphatic rings. The minimum Gasteiger partial charge on any atom is -0.481 e. The van der Waals surface area contributed by atoms with E-state index in [1.807, 2.05) is 0 Å². The van der Waals surface area contributed by atoms with Crippen molar-refractivity contribution in [2.24, 2.45) is 27.9 Å². The molecule has 1 fully saturated rings. The van der Waals surface area contributed by atoms with Crippen molar-refractivity contribution < 1.29 is 53.7 Å². The molecule has 0 spiro atoms. The van der Waals surface area contributed by atoms with Crippen LogP contribution in [0.1, 0.15) is 51.4 Å². The first kappa shape index (κ1) is 42.9. The first-order chi connectivity index (χ1) is 23.6. The zero-order chi connectivity index (χ0) is 37.8. The number of guanidine groups is 1. The maximum Gasteiger partial charge on any atom is 0.326 e. The van der Waals surface area contributed by atoms with Gasteiger partial charge in [-0.25, -0.2) is 4.79 Å². The van der Waals surface area contributed by atoms with Crippen molar-refractivity contribution in [3.05, 3.63) is 0 Å². The second kappa shape index (κ2) is 22.5. The Labute approximate surface area is 287 Å². The van der Waals surface area contributed by atoms with Gasteiger partial charge in [-0.1, -0.05) is 0 Å². The van der Waals surface area contributed by atoms with Gasteiger partial charge in [0.15, 0.2) is 5.96 Å². The number of amides is 6. The number of rotatable bonds is 23. The molecule has 0 aliphatic carbocycles. The molecule has 1 aliphatic heterocycles. The SMILES string of the molecule is NCCCC[C@H](NC(=O)[C@H]1CCCN1C(=O)[C@@H](CO)NC(=O)[C@@H](CC(=O)O)NC(=O)CNC(=O)[C@H](CCCN=C(N)N)NC(=O)CN)C(=O)O. The average molecular weight is 716 g/mol. The van der Waals surface area contributed by atoms with E-state index in [-0.39, 0.29) is 44.7 Å². The van der Waals surface area contributed by atoms with Gasteiger partial charge in [-0.2, -0.15) is 0 Å². The molecule has 22 nitrogen and oxygen atoms in total. The van der Waals surface area contributed by atoms with E-state index in [1.165, 1.54) is 0 Å². The number of aliphatic carboxylic acids is 2. The van der Waals surface area contributed by atoms with E-state index < -0.39 is 104 Å². The van der Waals surface area contributed by atoms with Crippen LogP contribution >= 0.6 is 0 Å². The van der Waals surface area contributed by atoms with Crippen LogP contribution in [0.5, 0.6) is 0 Å². The second-order valence-electron chi connectivity index (χ2n) is 11.3. The number of carboxylic acid groups (broad SMARTS) is 2. The Morgan fingerprint density at radius 3 is 2.04 bits per heavy atom. The zero-order valence-corrected chi connectivity index (χ0v) is 27.6. The standard InChI is InChI=1S/C28H49N11O11/c29-8-2-1-5-16(27(49)50)37-25(47)19-7-4-10-39(19)26(48)18(14-40)38-24(46)17(11-22(43)44)36-21(42)13-34-23(45)15(35-20(41)12-30)6-3-9-33-28(31)32/h15-19,40H,1-14,29-30H2,(H,34,45)(H,35,41)(H,36,42)(H,37,47)(H,38,46)(H,43,44)(H,49,50)(H4,31,32,33)/t15-,16-,17+,18+,19+/m0/s1. The molecule has 0 bridgehead atoms. The summed E-state index contributed by atoms with van der Waals surface area (Å²) >= 11 is 0. The van der Waals surface area contributed by atoms with Gasteiger partial charge >= 0.3 is 11.9 Å². The highest BCUT2D eigenvalue weighted by Gasteiger charge is 2.39. The Morgan fingerprint density at radius 2 is 1.46 bits per heavy atom. The lowest BCUT2D eigenvalue weighted by Crippen LogP contribution is -2.59. The molecular formula is C28H49N11O11. The van der Waals surface area contributed by atoms with Crippen molar-refractivity contribution >= 4 is 53.3 Å². The van der Waals surface area contributed by atoms with Crippen molar-refractivity contribution in [3.8, 4) is 0 Å². The van der Waals surface area contributed by atoms with E-state index in [2.05, 4.69) is 31.6 Å². The molecule has 6 amide bonds. The first-order valence-electron chi connectivity index (χ1n) is 15.9. The number of aliphatic imine (C=N–C) groups is 1. The Kier molecular flexibility index (Phi) is 19.3. The van der Waals surface area contributed by atoms with Crippen LogP contribution in [-0.2, 0) is 38.4 Å². The maximum atomic E-state index is 13.3. The monoisotopic (exact) mass is 715 g/mol. The van der Waals surface area contributed by atoms with Crippen molar-refractivity contribution in [3.63, 3.8) is 0 Å². The van der Waals surface area contributed by atoms with Crippen LogP contribution in [0.2, 0.25) is 0 Å². The van der Waals surface area contributed by atoms with Crippen molar-refractivity contribution in [1.82, 2.24) is 31.5 Å². The van der Waals surface area contributed by atoms with E-state index >= 15 is 0 Å². The number of aliphatic hydroxyl groups excluding tert-OH is 1. The Bertz CT molecular complexity index is 1250. The summed E-state index contributed by atoms with van der Waals surface area (Å²) in [6.45, 7) is -1.61. The van der Waals surface area contributed by atoms with Gasteiger partial charge in [-0.15, -0.1) is 0 Å². The molecule has 50 heavy (non-hydrogen) atoms. The maximum absolute atomic E-state index is 13.3. The Balaban J connectivity index is 2.91. The van der Waals surface area contributed by atoms with E-state index in [0.29, 0.717) is 25.8 Å². The van der Waals surface area contributed by atoms with Gasteiger partial charge in [0, 0.05) is 13.1 Å². The molecule has 282 valence electrons. The fourth-order valence-corrected chi connectivity index (χ4v) is 4.92. The number of nitrogens with zero attached hydrogens (tertiary/aromatic N) is 2. The number of unbranched alkanes of at least 4 members (excludes halogenated alkanes) is 1. The third kappa shape index (κ3) is 15.4. The van der Waals surface area contributed by atoms with Gasteiger partial charge in [-0.05, 0) is 51.5 Å². The summed E-state index contributed by atoms with van der Waals surface area (Å²) in [5, 5.41) is 40.2. The predicted octanol–water partition coefficient (Wildman–Crippen LogP) is -6.27. The minimum absolute atomic E-state index is 0.0458. The zero-order valence-electron chi connectivity index (χ0n) is 27.6. The number of carboxylic acids is 2. The molecule has 0 unspecified atom stereocenters. The first-order valence-corrected chi connectivity index (χ1v) is 15.9. The molecule has 1 saturated heterocycles. The summed E-state index contributed by atoms with van der Waals surface area (Å²) in [5.74, 6) is -8.23. The molecule has 0 saturated carbocycles. The summed E-state index contributed by atoms with van der Waals surface area (Å²) in [4.78, 5) is 104. The van der Waals surface area contributed by atoms with Gasteiger partial charge in [0.1, 0.15) is 30.2 Å². The van der Waals surface area contributed by atoms with E-state index in [0.717, 1.165) is 4.90 Å². The van der Waals surface area contributed by atoms with E-state index in [4.69, 9.17) is 22.9 Å². The highest BCUT2D eigenvalue weighted by atomic mass is 16.4. The number of nitrogens with one attached hydrogen (secondary N) is 5. The molecule has 0 aromatic carbocycles. The largest absolute Gasteiger partial charge is 0.481 e. The van der Waals surface area contributed by atoms with E-state index in [1.54, 1.807) is 0 Å². The third-order valence-corrected chi connectivity index (χ3v) is 7.43. The van der Waals surface area contributed by atoms with Crippen LogP contribution < -0.4 is 49.5 Å². The molecule has 0 radical (unpaired) electrons. The summed E-state index contributed by atoms with van der Waals surface area (Å²) < 4.78 is 0. The van der Waals surface area contributed by atoms with Gasteiger partial charge in [0.2, 0.25) is 35.4 Å². The molecular weight excluding hydrogens is 666 g/mol. The number of hydrogen-bond acceptors (Lipinski definition) is 12. The highest BCUT2D eigenvalue weighted by Crippen LogP contribution is 2.19. The fraction of sp³-hybridized carbons (Fsp3) is 0.679. The summed E-state index contributed by atoms with van der Waals surface area (Å²) in [5.41, 5.74) is 21.3. The lowest BCUT2D eigenvalue weighted by atomic mass is 10.1. The number of nitrogens with two attached hydrogens (primary N) is 4. The number of hydrogen-bond donors (Lipinski definition) is 12. The topological polar surface area (TPSA) is 377 Å². The van der Waals surface area contributed by atoms with Crippen LogP contribution in [0.4, 0.5) is 0 Å². The lowest BCUT2D eigenvalue weighted by molar-refractivity contribution is -0.145. The number of aliphatic hydroxyl groups is 1. The smallest absolute Gasteiger partial charge is 0.326 e. The Morgan fingerprint density at radius 1 is 0.800 bits per heavy atom. The average Bonchev–Trinajstić information content (AvgIpc) is 3.56. The van der Waals surface area contributed by atoms with Gasteiger partial charge < -0.3 is 69.7 Å². The summed E-state index contributed by atoms with van der Waals surface area (Å²) in [6, 6.07) is -6.89. The van der Waals surface area contributed by atoms with E-state index in [9.17, 15) is 53.7 Å². The molecule has 5 atom stereocenters. The fourth-order valence-electron chi connectivity index (χ4n) is 4.92. The molecule has 0 aromatic rings. The Hall–Kier alpha value is -5.09. The lowest BCUT2D eigenvalue weighted by Gasteiger charge is -2.29. The van der Waals surface area contributed by atoms with Crippen LogP contribution in [-0.4, -0.2) is 143 Å². The normalized spacial score (nSPS) is 16.1. The van der Waals surface area contributed by atoms with Crippen LogP contribution in [0.3, 0.4) is 0 Å². The van der Waals surface area contributed by atoms with Crippen molar-refractivity contribution in [2.75, 3.05) is 39.3 Å². The quantitative estimate of drug-likeness (QED) is 0.0266. The molecule has 1 rings (SSSR count). The molecule has 22 heteroatoms. The second-order valence-corrected chi connectivity index (χ2v) is 11.3. The van der Waals surface area contributed by atoms with Gasteiger partial charge in [-0.3, -0.25) is 38.6 Å². The van der Waals surface area contributed by atoms with Crippen molar-refractivity contribution in [1.29, 1.82) is 0 Å². The number of carbonyl (C=O) groups is 8. The molecule has 16 N–H and O–H groups in total. The molecule has 1 heterocycles. The van der Waals surface area contributed by atoms with Crippen molar-refractivity contribution in [2.45, 2.75) is 81.6 Å². The minimum atomic E-state index is -1.77. The highest BCUT2D eigenvalue weighted by molar-refractivity contribution is 5.97. The summed E-state index contributed by atoms with van der Waals surface area (Å²) in [7, 11) is 0. The third-order valence-electron chi connectivity index (χ3n) is 7.43.